The number of ketones is 1. The van der Waals surface area contributed by atoms with Gasteiger partial charge in [0.2, 0.25) is 0 Å². The molecule has 8 atom stereocenters. The highest BCUT2D eigenvalue weighted by Gasteiger charge is 2.73. The number of ether oxygens (including phenoxy) is 2. The third kappa shape index (κ3) is 4.27. The van der Waals surface area contributed by atoms with Crippen molar-refractivity contribution in [1.82, 2.24) is 9.80 Å². The van der Waals surface area contributed by atoms with Gasteiger partial charge in [-0.1, -0.05) is 33.3 Å². The molecule has 2 saturated carbocycles. The van der Waals surface area contributed by atoms with Crippen molar-refractivity contribution in [3.8, 4) is 0 Å². The zero-order chi connectivity index (χ0) is 28.5. The number of likely N-dealkylation sites (N-methyl/N-ethyl adjacent to an activating group) is 1. The number of carbonyl (C=O) groups is 2. The zero-order valence-electron chi connectivity index (χ0n) is 25.1. The van der Waals surface area contributed by atoms with Gasteiger partial charge in [-0.25, -0.2) is 0 Å². The normalized spacial score (nSPS) is 44.5. The van der Waals surface area contributed by atoms with Crippen molar-refractivity contribution >= 4 is 11.8 Å². The highest BCUT2D eigenvalue weighted by atomic mass is 16.6. The first-order valence-corrected chi connectivity index (χ1v) is 15.0. The standard InChI is InChI=1S/C31H50N2O6/c1-19-10-11-31(37)20(2)26-29(5)18-38-21(29)17-22(30(26,6)27(36)25(35)24(19)28(31,3)4)39-23(34)9-8-12-33-15-13-32(7)14-16-33/h20-22,25-26,35,37H,8-18H2,1-7H3/t20?,21?,22-,25+,26?,29+,30+,31+/m0/s1. The minimum absolute atomic E-state index is 0.155. The van der Waals surface area contributed by atoms with E-state index < -0.39 is 28.6 Å². The van der Waals surface area contributed by atoms with E-state index in [2.05, 4.69) is 30.7 Å². The average Bonchev–Trinajstić information content (AvgIpc) is 2.87. The summed E-state index contributed by atoms with van der Waals surface area (Å²) in [5.41, 5.74) is -1.77. The summed E-state index contributed by atoms with van der Waals surface area (Å²) >= 11 is 0. The predicted molar refractivity (Wildman–Crippen MR) is 148 cm³/mol. The fourth-order valence-electron chi connectivity index (χ4n) is 9.39. The highest BCUT2D eigenvalue weighted by molar-refractivity contribution is 5.93. The second-order valence-corrected chi connectivity index (χ2v) is 14.3. The first-order valence-electron chi connectivity index (χ1n) is 15.0. The van der Waals surface area contributed by atoms with Gasteiger partial charge in [-0.2, -0.15) is 0 Å². The minimum atomic E-state index is -1.34. The molecule has 2 bridgehead atoms. The maximum Gasteiger partial charge on any atom is 0.306 e. The number of aliphatic hydroxyl groups is 2. The van der Waals surface area contributed by atoms with E-state index in [0.717, 1.165) is 38.3 Å². The van der Waals surface area contributed by atoms with E-state index in [0.29, 0.717) is 44.3 Å². The van der Waals surface area contributed by atoms with Crippen LogP contribution in [0.3, 0.4) is 0 Å². The zero-order valence-corrected chi connectivity index (χ0v) is 25.1. The SMILES string of the molecule is CC1=C2[C@@H](O)C(=O)[C@@]3(C)C(C(C)[C@](O)(CC1)C2(C)C)[C@]1(C)COC1C[C@@H]3OC(=O)CCCN1CCN(C)CC1. The Kier molecular flexibility index (Phi) is 7.41. The van der Waals surface area contributed by atoms with Crippen LogP contribution in [0.2, 0.25) is 0 Å². The largest absolute Gasteiger partial charge is 0.461 e. The molecular weight excluding hydrogens is 496 g/mol. The van der Waals surface area contributed by atoms with Crippen LogP contribution in [0.25, 0.3) is 0 Å². The van der Waals surface area contributed by atoms with Gasteiger partial charge in [0.15, 0.2) is 5.78 Å². The molecule has 0 aromatic carbocycles. The Morgan fingerprint density at radius 3 is 2.44 bits per heavy atom. The number of carbonyl (C=O) groups excluding carboxylic acids is 2. The van der Waals surface area contributed by atoms with E-state index in [1.165, 1.54) is 0 Å². The van der Waals surface area contributed by atoms with Crippen LogP contribution in [-0.4, -0.2) is 102 Å². The number of piperazine rings is 1. The van der Waals surface area contributed by atoms with E-state index in [9.17, 15) is 19.8 Å². The Labute approximate surface area is 234 Å². The van der Waals surface area contributed by atoms with Gasteiger partial charge >= 0.3 is 5.97 Å². The Hall–Kier alpha value is -1.32. The van der Waals surface area contributed by atoms with Crippen molar-refractivity contribution in [2.24, 2.45) is 28.1 Å². The molecule has 8 heteroatoms. The van der Waals surface area contributed by atoms with Crippen molar-refractivity contribution < 1.29 is 29.3 Å². The number of allylic oxidation sites excluding steroid dienone is 1. The van der Waals surface area contributed by atoms with Crippen molar-refractivity contribution in [3.05, 3.63) is 11.1 Å². The van der Waals surface area contributed by atoms with Crippen LogP contribution in [0.5, 0.6) is 0 Å². The third-order valence-corrected chi connectivity index (χ3v) is 11.9. The van der Waals surface area contributed by atoms with Crippen molar-refractivity contribution in [3.63, 3.8) is 0 Å². The average molecular weight is 547 g/mol. The molecule has 2 aliphatic heterocycles. The number of esters is 1. The molecule has 39 heavy (non-hydrogen) atoms. The lowest BCUT2D eigenvalue weighted by atomic mass is 9.41. The van der Waals surface area contributed by atoms with Gasteiger partial charge in [0, 0.05) is 49.9 Å². The van der Waals surface area contributed by atoms with Crippen LogP contribution < -0.4 is 0 Å². The van der Waals surface area contributed by atoms with E-state index >= 15 is 0 Å². The monoisotopic (exact) mass is 546 g/mol. The van der Waals surface area contributed by atoms with Crippen LogP contribution in [0.15, 0.2) is 11.1 Å². The molecule has 0 radical (unpaired) electrons. The molecule has 4 fully saturated rings. The van der Waals surface area contributed by atoms with Crippen molar-refractivity contribution in [2.75, 3.05) is 46.4 Å². The molecule has 3 aliphatic carbocycles. The molecule has 0 amide bonds. The minimum Gasteiger partial charge on any atom is -0.461 e. The summed E-state index contributed by atoms with van der Waals surface area (Å²) in [7, 11) is 2.13. The van der Waals surface area contributed by atoms with E-state index in [4.69, 9.17) is 9.47 Å². The van der Waals surface area contributed by atoms with Crippen LogP contribution in [-0.2, 0) is 19.1 Å². The summed E-state index contributed by atoms with van der Waals surface area (Å²) in [5.74, 6) is -1.17. The number of rotatable bonds is 5. The summed E-state index contributed by atoms with van der Waals surface area (Å²) < 4.78 is 12.2. The van der Waals surface area contributed by atoms with Crippen LogP contribution in [0.4, 0.5) is 0 Å². The van der Waals surface area contributed by atoms with Crippen molar-refractivity contribution in [1.29, 1.82) is 0 Å². The summed E-state index contributed by atoms with van der Waals surface area (Å²) in [5, 5.41) is 24.1. The van der Waals surface area contributed by atoms with Crippen LogP contribution in [0.1, 0.15) is 73.6 Å². The van der Waals surface area contributed by atoms with Gasteiger partial charge < -0.3 is 29.5 Å². The predicted octanol–water partition coefficient (Wildman–Crippen LogP) is 2.80. The smallest absolute Gasteiger partial charge is 0.306 e. The molecular formula is C31H50N2O6. The number of nitrogens with zero attached hydrogens (tertiary/aromatic N) is 2. The second-order valence-electron chi connectivity index (χ2n) is 14.3. The van der Waals surface area contributed by atoms with Gasteiger partial charge in [-0.15, -0.1) is 0 Å². The first-order chi connectivity index (χ1) is 18.2. The van der Waals surface area contributed by atoms with Crippen LogP contribution >= 0.6 is 0 Å². The number of Topliss-reactive ketones (excluding diaryl/α,β-unsaturated/α-hetero) is 1. The Balaban J connectivity index is 1.44. The Morgan fingerprint density at radius 1 is 1.15 bits per heavy atom. The van der Waals surface area contributed by atoms with Gasteiger partial charge in [0.1, 0.15) is 12.2 Å². The molecule has 2 heterocycles. The van der Waals surface area contributed by atoms with Gasteiger partial charge in [-0.05, 0) is 64.1 Å². The molecule has 5 aliphatic rings. The summed E-state index contributed by atoms with van der Waals surface area (Å²) in [6.07, 6.45) is 0.439. The topological polar surface area (TPSA) is 99.5 Å². The maximum absolute atomic E-state index is 14.5. The molecule has 8 nitrogen and oxygen atoms in total. The maximum atomic E-state index is 14.5. The Morgan fingerprint density at radius 2 is 1.82 bits per heavy atom. The fraction of sp³-hybridized carbons (Fsp3) is 0.871. The number of aliphatic hydroxyl groups excluding tert-OH is 1. The molecule has 0 aromatic rings. The fourth-order valence-corrected chi connectivity index (χ4v) is 9.39. The van der Waals surface area contributed by atoms with Crippen LogP contribution in [0, 0.1) is 28.1 Å². The second kappa shape index (κ2) is 9.90. The lowest BCUT2D eigenvalue weighted by molar-refractivity contribution is -0.302. The third-order valence-electron chi connectivity index (χ3n) is 11.9. The summed E-state index contributed by atoms with van der Waals surface area (Å²) in [4.78, 5) is 32.4. The summed E-state index contributed by atoms with van der Waals surface area (Å²) in [6.45, 7) is 17.4. The molecule has 5 rings (SSSR count). The van der Waals surface area contributed by atoms with E-state index in [-0.39, 0.29) is 35.1 Å². The van der Waals surface area contributed by atoms with Crippen molar-refractivity contribution in [2.45, 2.75) is 97.6 Å². The molecule has 0 aromatic heterocycles. The van der Waals surface area contributed by atoms with E-state index in [1.807, 2.05) is 27.7 Å². The Bertz CT molecular complexity index is 1030. The van der Waals surface area contributed by atoms with Gasteiger partial charge in [0.05, 0.1) is 23.7 Å². The lowest BCUT2D eigenvalue weighted by Crippen LogP contribution is -2.75. The number of hydrogen-bond acceptors (Lipinski definition) is 8. The van der Waals surface area contributed by atoms with E-state index in [1.54, 1.807) is 0 Å². The molecule has 2 saturated heterocycles. The molecule has 0 spiro atoms. The lowest BCUT2D eigenvalue weighted by Gasteiger charge is -2.68. The molecule has 220 valence electrons. The summed E-state index contributed by atoms with van der Waals surface area (Å²) in [6, 6.07) is 0. The van der Waals surface area contributed by atoms with Gasteiger partial charge in [-0.3, -0.25) is 9.59 Å². The number of hydrogen-bond donors (Lipinski definition) is 2. The molecule has 3 unspecified atom stereocenters. The molecule has 2 N–H and O–H groups in total. The van der Waals surface area contributed by atoms with Gasteiger partial charge in [0.25, 0.3) is 0 Å². The number of fused-ring (bicyclic) bond motifs is 5. The highest BCUT2D eigenvalue weighted by Crippen LogP contribution is 2.67. The first kappa shape index (κ1) is 29.2. The quantitative estimate of drug-likeness (QED) is 0.401.